The van der Waals surface area contributed by atoms with E-state index in [1.165, 1.54) is 21.7 Å². The van der Waals surface area contributed by atoms with E-state index in [-0.39, 0.29) is 22.3 Å². The van der Waals surface area contributed by atoms with Crippen molar-refractivity contribution >= 4 is 43.6 Å². The number of rotatable bonds is 0. The third-order valence-corrected chi connectivity index (χ3v) is 4.47. The fourth-order valence-electron chi connectivity index (χ4n) is 3.39. The molecule has 0 amide bonds. The molecule has 0 unspecified atom stereocenters. The molecule has 26 heavy (non-hydrogen) atoms. The molecule has 0 atom stereocenters. The number of hydrogen-bond acceptors (Lipinski definition) is 2. The highest BCUT2D eigenvalue weighted by Crippen LogP contribution is 2.34. The van der Waals surface area contributed by atoms with Crippen LogP contribution in [0.2, 0.25) is 0 Å². The minimum absolute atomic E-state index is 0. The Morgan fingerprint density at radius 1 is 0.538 bits per heavy atom. The summed E-state index contributed by atoms with van der Waals surface area (Å²) in [4.78, 5) is 9.86. The minimum Gasteiger partial charge on any atom is -0.244 e. The van der Waals surface area contributed by atoms with Gasteiger partial charge < -0.3 is 0 Å². The molecule has 0 spiro atoms. The van der Waals surface area contributed by atoms with E-state index in [4.69, 9.17) is 9.97 Å². The van der Waals surface area contributed by atoms with E-state index >= 15 is 0 Å². The molecule has 0 aliphatic heterocycles. The van der Waals surface area contributed by atoms with E-state index in [1.807, 2.05) is 24.3 Å². The second-order valence-electron chi connectivity index (χ2n) is 6.00. The van der Waals surface area contributed by atoms with Crippen LogP contribution in [0.5, 0.6) is 0 Å². The molecule has 0 aliphatic carbocycles. The van der Waals surface area contributed by atoms with E-state index in [9.17, 15) is 0 Å². The summed E-state index contributed by atoms with van der Waals surface area (Å²) in [6.45, 7) is 2.12. The third kappa shape index (κ3) is 2.68. The van der Waals surface area contributed by atoms with Crippen LogP contribution in [0.4, 0.5) is 0 Å². The van der Waals surface area contributed by atoms with Crippen molar-refractivity contribution in [1.29, 1.82) is 0 Å². The Labute approximate surface area is 155 Å². The molecule has 0 fully saturated rings. The molecule has 0 radical (unpaired) electrons. The van der Waals surface area contributed by atoms with Crippen molar-refractivity contribution in [3.63, 3.8) is 0 Å². The lowest BCUT2D eigenvalue weighted by Gasteiger charge is -2.10. The molecule has 0 saturated carbocycles. The summed E-state index contributed by atoms with van der Waals surface area (Å²) in [6, 6.07) is 23.1. The first kappa shape index (κ1) is 19.3. The average Bonchev–Trinajstić information content (AvgIpc) is 2.60. The standard InChI is InChI=1S/C21H14N2.3CH4/c1-13-10-11-15-14-6-2-3-7-16(14)20-21(17(15)12-13)23-19-9-5-4-8-18(19)22-20;;;/h2-12H,1H3;3*1H4. The average molecular weight is 342 g/mol. The van der Waals surface area contributed by atoms with E-state index in [1.54, 1.807) is 0 Å². The lowest BCUT2D eigenvalue weighted by atomic mass is 9.98. The first-order valence-corrected chi connectivity index (χ1v) is 7.79. The molecule has 1 aromatic heterocycles. The molecule has 0 N–H and O–H groups in total. The number of nitrogens with zero attached hydrogens (tertiary/aromatic N) is 2. The summed E-state index contributed by atoms with van der Waals surface area (Å²) in [6.07, 6.45) is 0. The predicted octanol–water partition coefficient (Wildman–Crippen LogP) is 7.31. The number of para-hydroxylation sites is 2. The van der Waals surface area contributed by atoms with Crippen molar-refractivity contribution < 1.29 is 0 Å². The Kier molecular flexibility index (Phi) is 5.27. The lowest BCUT2D eigenvalue weighted by molar-refractivity contribution is 1.41. The summed E-state index contributed by atoms with van der Waals surface area (Å²) >= 11 is 0. The van der Waals surface area contributed by atoms with E-state index in [2.05, 4.69) is 49.4 Å². The molecule has 132 valence electrons. The predicted molar refractivity (Wildman–Crippen MR) is 117 cm³/mol. The van der Waals surface area contributed by atoms with Gasteiger partial charge in [-0.05, 0) is 35.9 Å². The van der Waals surface area contributed by atoms with Gasteiger partial charge in [0.25, 0.3) is 0 Å². The molecule has 2 heteroatoms. The summed E-state index contributed by atoms with van der Waals surface area (Å²) < 4.78 is 0. The van der Waals surface area contributed by atoms with Crippen molar-refractivity contribution in [1.82, 2.24) is 9.97 Å². The topological polar surface area (TPSA) is 25.8 Å². The summed E-state index contributed by atoms with van der Waals surface area (Å²) in [7, 11) is 0. The van der Waals surface area contributed by atoms with Crippen LogP contribution < -0.4 is 0 Å². The van der Waals surface area contributed by atoms with Gasteiger partial charge in [0.05, 0.1) is 22.1 Å². The molecule has 0 bridgehead atoms. The molecule has 2 nitrogen and oxygen atoms in total. The lowest BCUT2D eigenvalue weighted by Crippen LogP contribution is -1.91. The van der Waals surface area contributed by atoms with Gasteiger partial charge in [0.15, 0.2) is 0 Å². The second-order valence-corrected chi connectivity index (χ2v) is 6.00. The van der Waals surface area contributed by atoms with Gasteiger partial charge in [0.1, 0.15) is 0 Å². The Bertz CT molecular complexity index is 1220. The van der Waals surface area contributed by atoms with Crippen LogP contribution in [0.25, 0.3) is 43.6 Å². The van der Waals surface area contributed by atoms with Gasteiger partial charge in [0, 0.05) is 10.8 Å². The number of fused-ring (bicyclic) bond motifs is 7. The molecule has 0 aliphatic rings. The Balaban J connectivity index is 0.000000810. The Morgan fingerprint density at radius 3 is 1.69 bits per heavy atom. The first-order valence-electron chi connectivity index (χ1n) is 7.79. The molecular weight excluding hydrogens is 316 g/mol. The normalized spacial score (nSPS) is 10.3. The van der Waals surface area contributed by atoms with Crippen LogP contribution in [-0.2, 0) is 0 Å². The maximum Gasteiger partial charge on any atom is 0.0979 e. The zero-order valence-corrected chi connectivity index (χ0v) is 12.7. The summed E-state index contributed by atoms with van der Waals surface area (Å²) in [5, 5.41) is 4.82. The third-order valence-electron chi connectivity index (χ3n) is 4.47. The summed E-state index contributed by atoms with van der Waals surface area (Å²) in [5.41, 5.74) is 5.10. The van der Waals surface area contributed by atoms with E-state index < -0.39 is 0 Å². The zero-order chi connectivity index (χ0) is 15.4. The molecule has 0 saturated heterocycles. The quantitative estimate of drug-likeness (QED) is 0.218. The van der Waals surface area contributed by atoms with Crippen LogP contribution in [0, 0.1) is 6.92 Å². The van der Waals surface area contributed by atoms with Crippen molar-refractivity contribution in [3.05, 3.63) is 72.3 Å². The van der Waals surface area contributed by atoms with Crippen LogP contribution in [0.1, 0.15) is 27.8 Å². The van der Waals surface area contributed by atoms with Crippen LogP contribution in [-0.4, -0.2) is 9.97 Å². The number of benzene rings is 4. The molecule has 4 aromatic carbocycles. The maximum absolute atomic E-state index is 4.93. The SMILES string of the molecule is C.C.C.Cc1ccc2c3ccccc3c3nc4ccccc4nc3c2c1. The smallest absolute Gasteiger partial charge is 0.0979 e. The molecular formula is C24H26N2. The zero-order valence-electron chi connectivity index (χ0n) is 12.7. The van der Waals surface area contributed by atoms with Gasteiger partial charge in [-0.15, -0.1) is 0 Å². The van der Waals surface area contributed by atoms with Gasteiger partial charge in [-0.3, -0.25) is 0 Å². The van der Waals surface area contributed by atoms with Gasteiger partial charge in [-0.1, -0.05) is 76.4 Å². The molecule has 1 heterocycles. The van der Waals surface area contributed by atoms with Crippen LogP contribution >= 0.6 is 0 Å². The van der Waals surface area contributed by atoms with Crippen molar-refractivity contribution in [2.24, 2.45) is 0 Å². The van der Waals surface area contributed by atoms with Crippen LogP contribution in [0.3, 0.4) is 0 Å². The highest BCUT2D eigenvalue weighted by Gasteiger charge is 2.11. The van der Waals surface area contributed by atoms with Crippen molar-refractivity contribution in [2.75, 3.05) is 0 Å². The maximum atomic E-state index is 4.93. The second kappa shape index (κ2) is 7.09. The first-order chi connectivity index (χ1) is 11.3. The van der Waals surface area contributed by atoms with Crippen molar-refractivity contribution in [3.8, 4) is 0 Å². The number of aromatic nitrogens is 2. The van der Waals surface area contributed by atoms with E-state index in [0.29, 0.717) is 0 Å². The fraction of sp³-hybridized carbons (Fsp3) is 0.167. The van der Waals surface area contributed by atoms with Crippen LogP contribution in [0.15, 0.2) is 66.7 Å². The molecule has 5 aromatic rings. The van der Waals surface area contributed by atoms with E-state index in [0.717, 1.165) is 27.5 Å². The van der Waals surface area contributed by atoms with Gasteiger partial charge in [0.2, 0.25) is 0 Å². The minimum atomic E-state index is 0. The fourth-order valence-corrected chi connectivity index (χ4v) is 3.39. The highest BCUT2D eigenvalue weighted by molar-refractivity contribution is 6.23. The Morgan fingerprint density at radius 2 is 1.04 bits per heavy atom. The Hall–Kier alpha value is -3.00. The largest absolute Gasteiger partial charge is 0.244 e. The monoisotopic (exact) mass is 342 g/mol. The van der Waals surface area contributed by atoms with Crippen molar-refractivity contribution in [2.45, 2.75) is 29.2 Å². The van der Waals surface area contributed by atoms with Gasteiger partial charge in [-0.2, -0.15) is 0 Å². The van der Waals surface area contributed by atoms with Gasteiger partial charge in [-0.25, -0.2) is 9.97 Å². The number of aryl methyl sites for hydroxylation is 1. The summed E-state index contributed by atoms with van der Waals surface area (Å²) in [5.74, 6) is 0. The van der Waals surface area contributed by atoms with Gasteiger partial charge >= 0.3 is 0 Å². The number of hydrogen-bond donors (Lipinski definition) is 0. The highest BCUT2D eigenvalue weighted by atomic mass is 14.8. The molecule has 5 rings (SSSR count).